The van der Waals surface area contributed by atoms with Crippen molar-refractivity contribution in [1.29, 1.82) is 0 Å². The fourth-order valence-electron chi connectivity index (χ4n) is 1.73. The zero-order valence-corrected chi connectivity index (χ0v) is 9.58. The van der Waals surface area contributed by atoms with Crippen LogP contribution < -0.4 is 4.74 Å². The Hall–Kier alpha value is -0.950. The summed E-state index contributed by atoms with van der Waals surface area (Å²) in [7, 11) is 0. The van der Waals surface area contributed by atoms with Crippen molar-refractivity contribution in [2.24, 2.45) is 5.92 Å². The van der Waals surface area contributed by atoms with Gasteiger partial charge in [-0.3, -0.25) is 0 Å². The van der Waals surface area contributed by atoms with Gasteiger partial charge in [0, 0.05) is 0 Å². The lowest BCUT2D eigenvalue weighted by Crippen LogP contribution is -2.18. The smallest absolute Gasteiger partial charge is 0.138 e. The van der Waals surface area contributed by atoms with Gasteiger partial charge in [0.2, 0.25) is 0 Å². The van der Waals surface area contributed by atoms with Crippen molar-refractivity contribution in [2.45, 2.75) is 25.9 Å². The van der Waals surface area contributed by atoms with Gasteiger partial charge in [-0.2, -0.15) is 0 Å². The lowest BCUT2D eigenvalue weighted by Gasteiger charge is -2.22. The van der Waals surface area contributed by atoms with Crippen LogP contribution in [0.25, 0.3) is 0 Å². The van der Waals surface area contributed by atoms with Crippen molar-refractivity contribution in [1.82, 2.24) is 0 Å². The fourth-order valence-corrected chi connectivity index (χ4v) is 1.92. The maximum absolute atomic E-state index is 6.02. The second kappa shape index (κ2) is 4.71. The predicted molar refractivity (Wildman–Crippen MR) is 63.4 cm³/mol. The molecule has 1 nitrogen and oxygen atoms in total. The quantitative estimate of drug-likeness (QED) is 0.686. The first kappa shape index (κ1) is 10.6. The van der Waals surface area contributed by atoms with Crippen LogP contribution in [0.2, 0.25) is 5.02 Å². The Morgan fingerprint density at radius 3 is 2.67 bits per heavy atom. The van der Waals surface area contributed by atoms with E-state index in [1.807, 2.05) is 24.3 Å². The molecule has 0 spiro atoms. The summed E-state index contributed by atoms with van der Waals surface area (Å²) in [4.78, 5) is 0. The molecule has 1 aromatic rings. The molecule has 2 unspecified atom stereocenters. The van der Waals surface area contributed by atoms with Crippen LogP contribution >= 0.6 is 11.6 Å². The van der Waals surface area contributed by atoms with Crippen molar-refractivity contribution in [3.05, 3.63) is 41.4 Å². The normalized spacial score (nSPS) is 25.2. The molecule has 0 radical (unpaired) electrons. The zero-order chi connectivity index (χ0) is 10.7. The van der Waals surface area contributed by atoms with E-state index in [0.29, 0.717) is 10.9 Å². The molecule has 2 heteroatoms. The molecule has 0 heterocycles. The highest BCUT2D eigenvalue weighted by Crippen LogP contribution is 2.27. The number of hydrogen-bond acceptors (Lipinski definition) is 1. The number of benzene rings is 1. The van der Waals surface area contributed by atoms with Crippen molar-refractivity contribution < 1.29 is 4.74 Å². The summed E-state index contributed by atoms with van der Waals surface area (Å²) in [5, 5.41) is 0.685. The Kier molecular flexibility index (Phi) is 3.32. The topological polar surface area (TPSA) is 9.23 Å². The maximum Gasteiger partial charge on any atom is 0.138 e. The van der Waals surface area contributed by atoms with Gasteiger partial charge in [-0.15, -0.1) is 0 Å². The average Bonchev–Trinajstić information content (AvgIpc) is 2.25. The van der Waals surface area contributed by atoms with Gasteiger partial charge >= 0.3 is 0 Å². The summed E-state index contributed by atoms with van der Waals surface area (Å²) in [5.41, 5.74) is 0. The number of rotatable bonds is 2. The minimum atomic E-state index is 0.182. The third-order valence-electron chi connectivity index (χ3n) is 2.68. The largest absolute Gasteiger partial charge is 0.485 e. The van der Waals surface area contributed by atoms with Crippen molar-refractivity contribution in [2.75, 3.05) is 0 Å². The van der Waals surface area contributed by atoms with E-state index < -0.39 is 0 Å². The predicted octanol–water partition coefficient (Wildman–Crippen LogP) is 4.07. The highest BCUT2D eigenvalue weighted by molar-refractivity contribution is 6.32. The van der Waals surface area contributed by atoms with E-state index in [0.717, 1.165) is 12.2 Å². The van der Waals surface area contributed by atoms with E-state index in [-0.39, 0.29) is 6.10 Å². The van der Waals surface area contributed by atoms with Gasteiger partial charge < -0.3 is 4.74 Å². The highest BCUT2D eigenvalue weighted by Gasteiger charge is 2.14. The van der Waals surface area contributed by atoms with Gasteiger partial charge in [0.15, 0.2) is 0 Å². The molecule has 0 saturated carbocycles. The first-order chi connectivity index (χ1) is 7.25. The summed E-state index contributed by atoms with van der Waals surface area (Å²) in [5.74, 6) is 1.46. The first-order valence-corrected chi connectivity index (χ1v) is 5.73. The SMILES string of the molecule is CC1C=CC(Oc2ccccc2Cl)CC1. The standard InChI is InChI=1S/C13H15ClO/c1-10-6-8-11(9-7-10)15-13-5-3-2-4-12(13)14/h2-6,8,10-11H,7,9H2,1H3. The molecule has 2 rings (SSSR count). The van der Waals surface area contributed by atoms with Crippen LogP contribution in [0.4, 0.5) is 0 Å². The van der Waals surface area contributed by atoms with Gasteiger partial charge in [0.1, 0.15) is 11.9 Å². The van der Waals surface area contributed by atoms with Gasteiger partial charge in [-0.05, 0) is 37.0 Å². The highest BCUT2D eigenvalue weighted by atomic mass is 35.5. The molecule has 0 N–H and O–H groups in total. The second-order valence-electron chi connectivity index (χ2n) is 4.03. The number of allylic oxidation sites excluding steroid dienone is 1. The summed E-state index contributed by atoms with van der Waals surface area (Å²) < 4.78 is 5.82. The zero-order valence-electron chi connectivity index (χ0n) is 8.82. The number of hydrogen-bond donors (Lipinski definition) is 0. The minimum Gasteiger partial charge on any atom is -0.485 e. The molecule has 1 aliphatic carbocycles. The molecule has 80 valence electrons. The molecule has 0 aliphatic heterocycles. The molecule has 15 heavy (non-hydrogen) atoms. The Labute approximate surface area is 95.7 Å². The van der Waals surface area contributed by atoms with Gasteiger partial charge in [-0.1, -0.05) is 36.7 Å². The number of halogens is 1. The van der Waals surface area contributed by atoms with Crippen LogP contribution in [0.1, 0.15) is 19.8 Å². The Morgan fingerprint density at radius 2 is 2.00 bits per heavy atom. The molecule has 0 fully saturated rings. The molecule has 0 saturated heterocycles. The monoisotopic (exact) mass is 222 g/mol. The van der Waals surface area contributed by atoms with Crippen LogP contribution in [0.5, 0.6) is 5.75 Å². The van der Waals surface area contributed by atoms with Crippen LogP contribution in [-0.4, -0.2) is 6.10 Å². The maximum atomic E-state index is 6.02. The van der Waals surface area contributed by atoms with E-state index in [1.54, 1.807) is 0 Å². The fraction of sp³-hybridized carbons (Fsp3) is 0.385. The van der Waals surface area contributed by atoms with Gasteiger partial charge in [-0.25, -0.2) is 0 Å². The van der Waals surface area contributed by atoms with Crippen molar-refractivity contribution in [3.8, 4) is 5.75 Å². The summed E-state index contributed by atoms with van der Waals surface area (Å²) in [6, 6.07) is 7.62. The van der Waals surface area contributed by atoms with Crippen molar-refractivity contribution in [3.63, 3.8) is 0 Å². The van der Waals surface area contributed by atoms with Gasteiger partial charge in [0.25, 0.3) is 0 Å². The summed E-state index contributed by atoms with van der Waals surface area (Å²) >= 11 is 6.02. The van der Waals surface area contributed by atoms with E-state index in [9.17, 15) is 0 Å². The Balaban J connectivity index is 2.04. The third-order valence-corrected chi connectivity index (χ3v) is 2.99. The second-order valence-corrected chi connectivity index (χ2v) is 4.43. The Morgan fingerprint density at radius 1 is 1.20 bits per heavy atom. The molecule has 1 aromatic carbocycles. The van der Waals surface area contributed by atoms with E-state index >= 15 is 0 Å². The molecule has 0 aromatic heterocycles. The summed E-state index contributed by atoms with van der Waals surface area (Å²) in [6.45, 7) is 2.22. The molecular weight excluding hydrogens is 208 g/mol. The lowest BCUT2D eigenvalue weighted by molar-refractivity contribution is 0.221. The van der Waals surface area contributed by atoms with Crippen LogP contribution in [-0.2, 0) is 0 Å². The molecule has 0 amide bonds. The van der Waals surface area contributed by atoms with E-state index in [4.69, 9.17) is 16.3 Å². The Bertz CT molecular complexity index is 359. The lowest BCUT2D eigenvalue weighted by atomic mass is 9.96. The minimum absolute atomic E-state index is 0.182. The molecule has 2 atom stereocenters. The molecule has 0 bridgehead atoms. The van der Waals surface area contributed by atoms with Crippen molar-refractivity contribution >= 4 is 11.6 Å². The number of para-hydroxylation sites is 1. The number of ether oxygens (including phenoxy) is 1. The van der Waals surface area contributed by atoms with Crippen LogP contribution in [0, 0.1) is 5.92 Å². The summed E-state index contributed by atoms with van der Waals surface area (Å²) in [6.07, 6.45) is 6.79. The first-order valence-electron chi connectivity index (χ1n) is 5.35. The third kappa shape index (κ3) is 2.75. The van der Waals surface area contributed by atoms with Crippen LogP contribution in [0.3, 0.4) is 0 Å². The average molecular weight is 223 g/mol. The van der Waals surface area contributed by atoms with E-state index in [1.165, 1.54) is 6.42 Å². The molecular formula is C13H15ClO. The van der Waals surface area contributed by atoms with E-state index in [2.05, 4.69) is 19.1 Å². The van der Waals surface area contributed by atoms with Crippen LogP contribution in [0.15, 0.2) is 36.4 Å². The molecule has 1 aliphatic rings. The van der Waals surface area contributed by atoms with Gasteiger partial charge in [0.05, 0.1) is 5.02 Å².